The van der Waals surface area contributed by atoms with E-state index in [0.29, 0.717) is 5.46 Å². The van der Waals surface area contributed by atoms with E-state index in [2.05, 4.69) is 32.0 Å². The van der Waals surface area contributed by atoms with Crippen LogP contribution in [-0.4, -0.2) is 17.2 Å². The summed E-state index contributed by atoms with van der Waals surface area (Å²) in [6, 6.07) is 12.2. The van der Waals surface area contributed by atoms with Gasteiger partial charge in [0, 0.05) is 10.4 Å². The molecule has 0 radical (unpaired) electrons. The van der Waals surface area contributed by atoms with Gasteiger partial charge in [0.05, 0.1) is 0 Å². The van der Waals surface area contributed by atoms with E-state index in [1.165, 1.54) is 73.6 Å². The molecule has 1 aliphatic carbocycles. The lowest BCUT2D eigenvalue weighted by atomic mass is 9.68. The first-order chi connectivity index (χ1) is 14.0. The number of rotatable bonds is 11. The fourth-order valence-electron chi connectivity index (χ4n) is 5.02. The van der Waals surface area contributed by atoms with E-state index in [0.717, 1.165) is 17.9 Å². The van der Waals surface area contributed by atoms with Crippen molar-refractivity contribution in [3.05, 3.63) is 52.5 Å². The highest BCUT2D eigenvalue weighted by Crippen LogP contribution is 2.54. The van der Waals surface area contributed by atoms with Gasteiger partial charge in [0.15, 0.2) is 0 Å². The van der Waals surface area contributed by atoms with Crippen LogP contribution in [0.4, 0.5) is 0 Å². The summed E-state index contributed by atoms with van der Waals surface area (Å²) in [6.07, 6.45) is 12.0. The highest BCUT2D eigenvalue weighted by molar-refractivity contribution is 6.58. The molecule has 29 heavy (non-hydrogen) atoms. The first-order valence-electron chi connectivity index (χ1n) is 11.3. The SMILES string of the molecule is CCCCCCC1(CCCCCC)c2cc(Cl)ccc2-c2ccc(B(O)O)cc21. The molecule has 0 atom stereocenters. The van der Waals surface area contributed by atoms with Crippen LogP contribution >= 0.6 is 11.6 Å². The smallest absolute Gasteiger partial charge is 0.423 e. The second kappa shape index (κ2) is 10.2. The van der Waals surface area contributed by atoms with Gasteiger partial charge < -0.3 is 10.0 Å². The molecule has 0 amide bonds. The molecule has 0 saturated heterocycles. The summed E-state index contributed by atoms with van der Waals surface area (Å²) in [5.74, 6) is 0. The Hall–Kier alpha value is -1.29. The summed E-state index contributed by atoms with van der Waals surface area (Å²) in [6.45, 7) is 4.49. The van der Waals surface area contributed by atoms with Gasteiger partial charge in [-0.15, -0.1) is 0 Å². The Bertz CT molecular complexity index is 806. The van der Waals surface area contributed by atoms with E-state index in [-0.39, 0.29) is 5.41 Å². The maximum Gasteiger partial charge on any atom is 0.488 e. The van der Waals surface area contributed by atoms with E-state index < -0.39 is 7.12 Å². The predicted octanol–water partition coefficient (Wildman–Crippen LogP) is 6.23. The van der Waals surface area contributed by atoms with Gasteiger partial charge in [0.1, 0.15) is 0 Å². The molecule has 0 fully saturated rings. The Morgan fingerprint density at radius 2 is 1.31 bits per heavy atom. The van der Waals surface area contributed by atoms with E-state index in [9.17, 15) is 10.0 Å². The second-order valence-corrected chi connectivity index (χ2v) is 9.01. The van der Waals surface area contributed by atoms with Gasteiger partial charge >= 0.3 is 7.12 Å². The van der Waals surface area contributed by atoms with Gasteiger partial charge in [0.25, 0.3) is 0 Å². The van der Waals surface area contributed by atoms with Crippen LogP contribution in [-0.2, 0) is 5.41 Å². The van der Waals surface area contributed by atoms with Crippen molar-refractivity contribution in [2.24, 2.45) is 0 Å². The predicted molar refractivity (Wildman–Crippen MR) is 125 cm³/mol. The molecule has 1 aliphatic rings. The molecule has 3 rings (SSSR count). The summed E-state index contributed by atoms with van der Waals surface area (Å²) in [5.41, 5.74) is 5.57. The van der Waals surface area contributed by atoms with Gasteiger partial charge in [-0.05, 0) is 52.7 Å². The average molecular weight is 413 g/mol. The zero-order valence-corrected chi connectivity index (χ0v) is 18.6. The summed E-state index contributed by atoms with van der Waals surface area (Å²) < 4.78 is 0. The Kier molecular flexibility index (Phi) is 7.84. The van der Waals surface area contributed by atoms with Crippen molar-refractivity contribution >= 4 is 24.2 Å². The normalized spacial score (nSPS) is 14.0. The minimum atomic E-state index is -1.44. The van der Waals surface area contributed by atoms with Crippen LogP contribution in [0.1, 0.15) is 89.2 Å². The second-order valence-electron chi connectivity index (χ2n) is 8.57. The van der Waals surface area contributed by atoms with Gasteiger partial charge in [-0.25, -0.2) is 0 Å². The first kappa shape index (κ1) is 22.4. The quantitative estimate of drug-likeness (QED) is 0.339. The van der Waals surface area contributed by atoms with Gasteiger partial charge in [-0.1, -0.05) is 101 Å². The molecule has 4 heteroatoms. The van der Waals surface area contributed by atoms with Gasteiger partial charge in [0.2, 0.25) is 0 Å². The summed E-state index contributed by atoms with van der Waals surface area (Å²) in [5, 5.41) is 20.4. The maximum absolute atomic E-state index is 9.81. The molecule has 0 bridgehead atoms. The molecular formula is C25H34BClO2. The highest BCUT2D eigenvalue weighted by atomic mass is 35.5. The Morgan fingerprint density at radius 3 is 1.86 bits per heavy atom. The Morgan fingerprint density at radius 1 is 0.759 bits per heavy atom. The summed E-state index contributed by atoms with van der Waals surface area (Å²) in [4.78, 5) is 0. The average Bonchev–Trinajstić information content (AvgIpc) is 2.97. The van der Waals surface area contributed by atoms with Crippen molar-refractivity contribution < 1.29 is 10.0 Å². The lowest BCUT2D eigenvalue weighted by molar-refractivity contribution is 0.400. The number of hydrogen-bond donors (Lipinski definition) is 2. The molecule has 0 aromatic heterocycles. The lowest BCUT2D eigenvalue weighted by Gasteiger charge is -2.33. The van der Waals surface area contributed by atoms with Crippen LogP contribution in [0.15, 0.2) is 36.4 Å². The van der Waals surface area contributed by atoms with Crippen LogP contribution < -0.4 is 5.46 Å². The standard InChI is InChI=1S/C25H34BClO2/c1-3-5-7-9-15-25(16-10-8-6-4-2)23-17-19(26(28)29)11-13-21(23)22-14-12-20(27)18-24(22)25/h11-14,17-18,28-29H,3-10,15-16H2,1-2H3. The summed E-state index contributed by atoms with van der Waals surface area (Å²) in [7, 11) is -1.44. The van der Waals surface area contributed by atoms with E-state index >= 15 is 0 Å². The van der Waals surface area contributed by atoms with Crippen molar-refractivity contribution in [2.75, 3.05) is 0 Å². The van der Waals surface area contributed by atoms with Crippen molar-refractivity contribution in [1.82, 2.24) is 0 Å². The molecule has 0 saturated carbocycles. The molecule has 156 valence electrons. The van der Waals surface area contributed by atoms with Gasteiger partial charge in [-0.3, -0.25) is 0 Å². The third-order valence-corrected chi connectivity index (χ3v) is 6.79. The topological polar surface area (TPSA) is 40.5 Å². The number of unbranched alkanes of at least 4 members (excludes halogenated alkanes) is 6. The number of hydrogen-bond acceptors (Lipinski definition) is 2. The Balaban J connectivity index is 2.07. The fourth-order valence-corrected chi connectivity index (χ4v) is 5.19. The Labute approximate surface area is 181 Å². The third kappa shape index (κ3) is 4.73. The molecular weight excluding hydrogens is 379 g/mol. The number of fused-ring (bicyclic) bond motifs is 3. The highest BCUT2D eigenvalue weighted by Gasteiger charge is 2.42. The zero-order chi connectivity index (χ0) is 20.9. The molecule has 2 N–H and O–H groups in total. The number of benzene rings is 2. The molecule has 2 aromatic carbocycles. The van der Waals surface area contributed by atoms with Crippen LogP contribution in [0.2, 0.25) is 5.02 Å². The van der Waals surface area contributed by atoms with Crippen LogP contribution in [0.3, 0.4) is 0 Å². The molecule has 0 unspecified atom stereocenters. The minimum absolute atomic E-state index is 0.0814. The fraction of sp³-hybridized carbons (Fsp3) is 0.520. The summed E-state index contributed by atoms with van der Waals surface area (Å²) >= 11 is 6.46. The largest absolute Gasteiger partial charge is 0.488 e. The van der Waals surface area contributed by atoms with Crippen molar-refractivity contribution in [3.63, 3.8) is 0 Å². The van der Waals surface area contributed by atoms with Crippen molar-refractivity contribution in [3.8, 4) is 11.1 Å². The molecule has 2 nitrogen and oxygen atoms in total. The van der Waals surface area contributed by atoms with Gasteiger partial charge in [-0.2, -0.15) is 0 Å². The monoisotopic (exact) mass is 412 g/mol. The molecule has 0 heterocycles. The van der Waals surface area contributed by atoms with E-state index in [1.807, 2.05) is 18.2 Å². The maximum atomic E-state index is 9.81. The molecule has 0 spiro atoms. The third-order valence-electron chi connectivity index (χ3n) is 6.56. The lowest BCUT2D eigenvalue weighted by Crippen LogP contribution is -2.32. The number of halogens is 1. The van der Waals surface area contributed by atoms with E-state index in [1.54, 1.807) is 0 Å². The zero-order valence-electron chi connectivity index (χ0n) is 17.9. The van der Waals surface area contributed by atoms with Crippen molar-refractivity contribution in [2.45, 2.75) is 83.5 Å². The minimum Gasteiger partial charge on any atom is -0.423 e. The van der Waals surface area contributed by atoms with Crippen LogP contribution in [0, 0.1) is 0 Å². The molecule has 0 aliphatic heterocycles. The first-order valence-corrected chi connectivity index (χ1v) is 11.7. The van der Waals surface area contributed by atoms with Crippen molar-refractivity contribution in [1.29, 1.82) is 0 Å². The van der Waals surface area contributed by atoms with Crippen LogP contribution in [0.25, 0.3) is 11.1 Å². The van der Waals surface area contributed by atoms with Crippen LogP contribution in [0.5, 0.6) is 0 Å². The van der Waals surface area contributed by atoms with E-state index in [4.69, 9.17) is 11.6 Å². The molecule has 2 aromatic rings.